The number of furan rings is 1. The number of rotatable bonds is 3. The lowest BCUT2D eigenvalue weighted by molar-refractivity contribution is 0.0998. The van der Waals surface area contributed by atoms with Gasteiger partial charge < -0.3 is 10.2 Å². The van der Waals surface area contributed by atoms with Gasteiger partial charge in [0.2, 0.25) is 5.78 Å². The minimum Gasteiger partial charge on any atom is -0.456 e. The molecule has 0 spiro atoms. The molecule has 17 heavy (non-hydrogen) atoms. The summed E-state index contributed by atoms with van der Waals surface area (Å²) in [5, 5.41) is 0. The second-order valence-electron chi connectivity index (χ2n) is 4.48. The minimum absolute atomic E-state index is 0.0339. The fourth-order valence-corrected chi connectivity index (χ4v) is 2.17. The SMILES string of the molecule is NCc1ccc(C(=O)/C2=C/CCCCCC2)o1. The molecule has 1 heterocycles. The maximum atomic E-state index is 12.2. The van der Waals surface area contributed by atoms with Crippen molar-refractivity contribution < 1.29 is 9.21 Å². The Kier molecular flexibility index (Phi) is 4.15. The van der Waals surface area contributed by atoms with Crippen molar-refractivity contribution in [2.75, 3.05) is 0 Å². The van der Waals surface area contributed by atoms with Gasteiger partial charge in [-0.2, -0.15) is 0 Å². The summed E-state index contributed by atoms with van der Waals surface area (Å²) in [6.45, 7) is 0.340. The van der Waals surface area contributed by atoms with E-state index in [1.54, 1.807) is 12.1 Å². The van der Waals surface area contributed by atoms with Crippen LogP contribution in [0.4, 0.5) is 0 Å². The Morgan fingerprint density at radius 2 is 2.06 bits per heavy atom. The molecular formula is C14H19NO2. The van der Waals surface area contributed by atoms with Gasteiger partial charge in [-0.3, -0.25) is 4.79 Å². The van der Waals surface area contributed by atoms with Crippen molar-refractivity contribution in [2.45, 2.75) is 45.1 Å². The van der Waals surface area contributed by atoms with Gasteiger partial charge in [-0.25, -0.2) is 0 Å². The molecule has 0 aliphatic heterocycles. The first-order valence-corrected chi connectivity index (χ1v) is 6.34. The zero-order chi connectivity index (χ0) is 12.1. The van der Waals surface area contributed by atoms with E-state index in [0.29, 0.717) is 18.1 Å². The normalized spacial score (nSPS) is 20.2. The third-order valence-corrected chi connectivity index (χ3v) is 3.17. The number of nitrogens with two attached hydrogens (primary N) is 1. The molecule has 0 radical (unpaired) electrons. The summed E-state index contributed by atoms with van der Waals surface area (Å²) in [5.74, 6) is 1.13. The van der Waals surface area contributed by atoms with Crippen LogP contribution in [-0.4, -0.2) is 5.78 Å². The van der Waals surface area contributed by atoms with Crippen molar-refractivity contribution in [3.63, 3.8) is 0 Å². The van der Waals surface area contributed by atoms with Gasteiger partial charge in [0.25, 0.3) is 0 Å². The molecule has 3 heteroatoms. The number of carbonyl (C=O) groups is 1. The molecule has 1 aromatic rings. The van der Waals surface area contributed by atoms with Gasteiger partial charge in [0, 0.05) is 0 Å². The molecule has 0 aromatic carbocycles. The summed E-state index contributed by atoms with van der Waals surface area (Å²) in [6.07, 6.45) is 8.73. The Hall–Kier alpha value is -1.35. The molecule has 0 unspecified atom stereocenters. The van der Waals surface area contributed by atoms with Crippen LogP contribution in [0.25, 0.3) is 0 Å². The molecule has 0 atom stereocenters. The number of hydrogen-bond donors (Lipinski definition) is 1. The van der Waals surface area contributed by atoms with Gasteiger partial charge in [-0.05, 0) is 43.4 Å². The number of ketones is 1. The molecule has 2 rings (SSSR count). The Morgan fingerprint density at radius 1 is 1.24 bits per heavy atom. The highest BCUT2D eigenvalue weighted by atomic mass is 16.3. The quantitative estimate of drug-likeness (QED) is 0.815. The average molecular weight is 233 g/mol. The van der Waals surface area contributed by atoms with Crippen LogP contribution in [0.15, 0.2) is 28.2 Å². The highest BCUT2D eigenvalue weighted by molar-refractivity contribution is 6.06. The van der Waals surface area contributed by atoms with Gasteiger partial charge in [0.05, 0.1) is 6.54 Å². The summed E-state index contributed by atoms with van der Waals surface area (Å²) >= 11 is 0. The summed E-state index contributed by atoms with van der Waals surface area (Å²) in [5.41, 5.74) is 6.37. The van der Waals surface area contributed by atoms with Crippen LogP contribution in [0.1, 0.15) is 54.8 Å². The van der Waals surface area contributed by atoms with Gasteiger partial charge in [0.15, 0.2) is 5.76 Å². The molecular weight excluding hydrogens is 214 g/mol. The maximum Gasteiger partial charge on any atom is 0.223 e. The second-order valence-corrected chi connectivity index (χ2v) is 4.48. The standard InChI is InChI=1S/C14H19NO2/c15-10-12-8-9-13(17-12)14(16)11-6-4-2-1-3-5-7-11/h6,8-9H,1-5,7,10,15H2/b11-6+. The molecule has 0 bridgehead atoms. The fraction of sp³-hybridized carbons (Fsp3) is 0.500. The molecule has 1 aliphatic rings. The Labute approximate surface area is 102 Å². The zero-order valence-corrected chi connectivity index (χ0v) is 10.1. The predicted octanol–water partition coefficient (Wildman–Crippen LogP) is 3.20. The molecule has 1 aromatic heterocycles. The van der Waals surface area contributed by atoms with Crippen LogP contribution in [0, 0.1) is 0 Å². The topological polar surface area (TPSA) is 56.2 Å². The monoisotopic (exact) mass is 233 g/mol. The Bertz CT molecular complexity index is 418. The van der Waals surface area contributed by atoms with Crippen LogP contribution >= 0.6 is 0 Å². The molecule has 2 N–H and O–H groups in total. The van der Waals surface area contributed by atoms with E-state index in [2.05, 4.69) is 6.08 Å². The lowest BCUT2D eigenvalue weighted by atomic mass is 9.96. The number of allylic oxidation sites excluding steroid dienone is 2. The third-order valence-electron chi connectivity index (χ3n) is 3.17. The summed E-state index contributed by atoms with van der Waals surface area (Å²) < 4.78 is 5.40. The Balaban J connectivity index is 2.12. The second kappa shape index (κ2) is 5.82. The summed E-state index contributed by atoms with van der Waals surface area (Å²) in [6, 6.07) is 3.50. The van der Waals surface area contributed by atoms with Gasteiger partial charge in [-0.1, -0.05) is 18.9 Å². The molecule has 0 amide bonds. The molecule has 0 saturated heterocycles. The minimum atomic E-state index is 0.0339. The van der Waals surface area contributed by atoms with E-state index in [9.17, 15) is 4.79 Å². The van der Waals surface area contributed by atoms with E-state index < -0.39 is 0 Å². The molecule has 1 aliphatic carbocycles. The molecule has 3 nitrogen and oxygen atoms in total. The van der Waals surface area contributed by atoms with Gasteiger partial charge >= 0.3 is 0 Å². The van der Waals surface area contributed by atoms with E-state index in [-0.39, 0.29) is 5.78 Å². The van der Waals surface area contributed by atoms with Crippen LogP contribution < -0.4 is 5.73 Å². The van der Waals surface area contributed by atoms with E-state index in [1.165, 1.54) is 19.3 Å². The largest absolute Gasteiger partial charge is 0.456 e. The highest BCUT2D eigenvalue weighted by Gasteiger charge is 2.16. The van der Waals surface area contributed by atoms with Gasteiger partial charge in [0.1, 0.15) is 5.76 Å². The number of hydrogen-bond acceptors (Lipinski definition) is 3. The van der Waals surface area contributed by atoms with Crippen molar-refractivity contribution in [2.24, 2.45) is 5.73 Å². The van der Waals surface area contributed by atoms with E-state index in [0.717, 1.165) is 24.8 Å². The zero-order valence-electron chi connectivity index (χ0n) is 10.1. The highest BCUT2D eigenvalue weighted by Crippen LogP contribution is 2.21. The first kappa shape index (κ1) is 12.1. The fourth-order valence-electron chi connectivity index (χ4n) is 2.17. The van der Waals surface area contributed by atoms with E-state index >= 15 is 0 Å². The average Bonchev–Trinajstić information content (AvgIpc) is 2.76. The predicted molar refractivity (Wildman–Crippen MR) is 66.7 cm³/mol. The van der Waals surface area contributed by atoms with Crippen molar-refractivity contribution in [3.05, 3.63) is 35.3 Å². The first-order valence-electron chi connectivity index (χ1n) is 6.34. The van der Waals surface area contributed by atoms with Crippen LogP contribution in [-0.2, 0) is 6.54 Å². The van der Waals surface area contributed by atoms with Crippen molar-refractivity contribution in [1.29, 1.82) is 0 Å². The van der Waals surface area contributed by atoms with E-state index in [1.807, 2.05) is 0 Å². The summed E-state index contributed by atoms with van der Waals surface area (Å²) in [4.78, 5) is 12.2. The van der Waals surface area contributed by atoms with Crippen LogP contribution in [0.3, 0.4) is 0 Å². The molecule has 0 fully saturated rings. The van der Waals surface area contributed by atoms with Gasteiger partial charge in [-0.15, -0.1) is 0 Å². The smallest absolute Gasteiger partial charge is 0.223 e. The van der Waals surface area contributed by atoms with Crippen molar-refractivity contribution in [1.82, 2.24) is 0 Å². The number of carbonyl (C=O) groups excluding carboxylic acids is 1. The van der Waals surface area contributed by atoms with Crippen molar-refractivity contribution in [3.8, 4) is 0 Å². The Morgan fingerprint density at radius 3 is 2.82 bits per heavy atom. The molecule has 0 saturated carbocycles. The van der Waals surface area contributed by atoms with Crippen LogP contribution in [0.2, 0.25) is 0 Å². The van der Waals surface area contributed by atoms with E-state index in [4.69, 9.17) is 10.2 Å². The lowest BCUT2D eigenvalue weighted by Crippen LogP contribution is -2.04. The lowest BCUT2D eigenvalue weighted by Gasteiger charge is -2.09. The van der Waals surface area contributed by atoms with Crippen LogP contribution in [0.5, 0.6) is 0 Å². The summed E-state index contributed by atoms with van der Waals surface area (Å²) in [7, 11) is 0. The number of Topliss-reactive ketones (excluding diaryl/α,β-unsaturated/α-hetero) is 1. The third kappa shape index (κ3) is 3.07. The molecule has 92 valence electrons. The first-order chi connectivity index (χ1) is 8.31. The van der Waals surface area contributed by atoms with Crippen molar-refractivity contribution >= 4 is 5.78 Å². The maximum absolute atomic E-state index is 12.2.